The van der Waals surface area contributed by atoms with Crippen molar-refractivity contribution in [1.82, 2.24) is 14.5 Å². The fourth-order valence-corrected chi connectivity index (χ4v) is 2.27. The minimum Gasteiger partial charge on any atom is -0.454 e. The molecule has 1 N–H and O–H groups in total. The second-order valence-corrected chi connectivity index (χ2v) is 5.64. The lowest BCUT2D eigenvalue weighted by Crippen LogP contribution is -2.41. The van der Waals surface area contributed by atoms with Crippen LogP contribution in [0.25, 0.3) is 0 Å². The van der Waals surface area contributed by atoms with E-state index < -0.39 is 36.3 Å². The molecule has 1 amide bonds. The number of amides is 1. The molecule has 0 atom stereocenters. The Balaban J connectivity index is 2.00. The number of benzene rings is 1. The summed E-state index contributed by atoms with van der Waals surface area (Å²) in [6.45, 7) is -0.187. The van der Waals surface area contributed by atoms with Crippen molar-refractivity contribution < 1.29 is 19.1 Å². The van der Waals surface area contributed by atoms with Crippen LogP contribution in [0.15, 0.2) is 52.2 Å². The van der Waals surface area contributed by atoms with Crippen LogP contribution in [0.2, 0.25) is 0 Å². The minimum atomic E-state index is -0.853. The van der Waals surface area contributed by atoms with Crippen LogP contribution in [0.4, 0.5) is 0 Å². The van der Waals surface area contributed by atoms with Gasteiger partial charge in [0.2, 0.25) is 0 Å². The lowest BCUT2D eigenvalue weighted by atomic mass is 10.2. The highest BCUT2D eigenvalue weighted by molar-refractivity contribution is 5.80. The van der Waals surface area contributed by atoms with E-state index in [1.165, 1.54) is 23.9 Å². The van der Waals surface area contributed by atoms with Gasteiger partial charge in [0.05, 0.1) is 13.2 Å². The van der Waals surface area contributed by atoms with Crippen LogP contribution in [-0.2, 0) is 32.2 Å². The van der Waals surface area contributed by atoms with E-state index in [0.717, 1.165) is 10.1 Å². The summed E-state index contributed by atoms with van der Waals surface area (Å²) in [5.74, 6) is -1.35. The number of ether oxygens (including phenoxy) is 2. The fraction of sp³-hybridized carbons (Fsp3) is 0.333. The maximum absolute atomic E-state index is 12.5. The lowest BCUT2D eigenvalue weighted by molar-refractivity contribution is -0.149. The normalized spacial score (nSPS) is 10.4. The van der Waals surface area contributed by atoms with Gasteiger partial charge in [0.15, 0.2) is 6.61 Å². The number of nitrogens with one attached hydrogen (secondary N) is 1. The molecule has 0 unspecified atom stereocenters. The molecule has 2 aromatic rings. The Morgan fingerprint density at radius 1 is 1.11 bits per heavy atom. The summed E-state index contributed by atoms with van der Waals surface area (Å²) in [5.41, 5.74) is -0.376. The van der Waals surface area contributed by atoms with E-state index in [1.807, 2.05) is 30.3 Å². The van der Waals surface area contributed by atoms with Gasteiger partial charge in [-0.2, -0.15) is 0 Å². The van der Waals surface area contributed by atoms with E-state index in [-0.39, 0.29) is 13.1 Å². The van der Waals surface area contributed by atoms with Gasteiger partial charge in [-0.05, 0) is 5.56 Å². The first-order valence-electron chi connectivity index (χ1n) is 8.26. The smallest absolute Gasteiger partial charge is 0.331 e. The Morgan fingerprint density at radius 3 is 2.56 bits per heavy atom. The molecule has 0 aliphatic carbocycles. The first-order valence-corrected chi connectivity index (χ1v) is 8.26. The van der Waals surface area contributed by atoms with Gasteiger partial charge in [0.1, 0.15) is 6.54 Å². The molecule has 0 fully saturated rings. The Labute approximate surface area is 155 Å². The summed E-state index contributed by atoms with van der Waals surface area (Å²) in [5, 5.41) is 2.49. The monoisotopic (exact) mass is 375 g/mol. The number of carbonyl (C=O) groups is 2. The fourth-order valence-electron chi connectivity index (χ4n) is 2.27. The summed E-state index contributed by atoms with van der Waals surface area (Å²) < 4.78 is 11.7. The number of rotatable bonds is 9. The number of nitrogens with zero attached hydrogens (tertiary/aromatic N) is 2. The molecule has 1 heterocycles. The van der Waals surface area contributed by atoms with E-state index in [1.54, 1.807) is 0 Å². The van der Waals surface area contributed by atoms with Crippen LogP contribution in [0, 0.1) is 0 Å². The van der Waals surface area contributed by atoms with Crippen molar-refractivity contribution in [2.75, 3.05) is 26.9 Å². The molecule has 2 rings (SSSR count). The van der Waals surface area contributed by atoms with Gasteiger partial charge in [-0.1, -0.05) is 30.3 Å². The SMILES string of the molecule is COCCNC(=O)COC(=O)Cn1c(=O)ccn(Cc2ccccc2)c1=O. The van der Waals surface area contributed by atoms with E-state index in [0.29, 0.717) is 6.61 Å². The molecule has 0 saturated carbocycles. The second kappa shape index (κ2) is 10.1. The number of methoxy groups -OCH3 is 1. The van der Waals surface area contributed by atoms with Crippen molar-refractivity contribution in [3.05, 3.63) is 69.0 Å². The maximum atomic E-state index is 12.5. The zero-order valence-corrected chi connectivity index (χ0v) is 14.9. The third kappa shape index (κ3) is 6.23. The van der Waals surface area contributed by atoms with Crippen LogP contribution < -0.4 is 16.6 Å². The molecule has 0 aliphatic heterocycles. The zero-order valence-electron chi connectivity index (χ0n) is 14.9. The van der Waals surface area contributed by atoms with Gasteiger partial charge in [0, 0.05) is 25.9 Å². The summed E-state index contributed by atoms with van der Waals surface area (Å²) in [7, 11) is 1.49. The van der Waals surface area contributed by atoms with Crippen molar-refractivity contribution in [3.63, 3.8) is 0 Å². The molecule has 0 aliphatic rings. The third-order valence-corrected chi connectivity index (χ3v) is 3.62. The van der Waals surface area contributed by atoms with E-state index in [9.17, 15) is 19.2 Å². The van der Waals surface area contributed by atoms with Crippen LogP contribution >= 0.6 is 0 Å². The molecule has 9 heteroatoms. The van der Waals surface area contributed by atoms with Crippen molar-refractivity contribution in [1.29, 1.82) is 0 Å². The average molecular weight is 375 g/mol. The number of carbonyl (C=O) groups excluding carboxylic acids is 2. The first-order chi connectivity index (χ1) is 13.0. The maximum Gasteiger partial charge on any atom is 0.331 e. The average Bonchev–Trinajstić information content (AvgIpc) is 2.67. The predicted octanol–water partition coefficient (Wildman–Crippen LogP) is -0.636. The van der Waals surface area contributed by atoms with Gasteiger partial charge in [-0.3, -0.25) is 19.0 Å². The second-order valence-electron chi connectivity index (χ2n) is 5.64. The van der Waals surface area contributed by atoms with Crippen molar-refractivity contribution in [3.8, 4) is 0 Å². The molecule has 0 radical (unpaired) electrons. The summed E-state index contributed by atoms with van der Waals surface area (Å²) >= 11 is 0. The Bertz CT molecular complexity index is 888. The predicted molar refractivity (Wildman–Crippen MR) is 96.4 cm³/mol. The number of hydrogen-bond acceptors (Lipinski definition) is 6. The largest absolute Gasteiger partial charge is 0.454 e. The summed E-state index contributed by atoms with van der Waals surface area (Å²) in [4.78, 5) is 47.8. The molecular formula is C18H21N3O6. The summed E-state index contributed by atoms with van der Waals surface area (Å²) in [6, 6.07) is 10.4. The van der Waals surface area contributed by atoms with Crippen molar-refractivity contribution >= 4 is 11.9 Å². The number of esters is 1. The third-order valence-electron chi connectivity index (χ3n) is 3.62. The van der Waals surface area contributed by atoms with Crippen LogP contribution in [0.1, 0.15) is 5.56 Å². The molecule has 9 nitrogen and oxygen atoms in total. The minimum absolute atomic E-state index is 0.261. The molecule has 27 heavy (non-hydrogen) atoms. The topological polar surface area (TPSA) is 109 Å². The quantitative estimate of drug-likeness (QED) is 0.462. The number of aromatic nitrogens is 2. The van der Waals surface area contributed by atoms with E-state index in [4.69, 9.17) is 9.47 Å². The van der Waals surface area contributed by atoms with E-state index >= 15 is 0 Å². The standard InChI is InChI=1S/C18H21N3O6/c1-26-10-8-19-15(22)13-27-17(24)12-21-16(23)7-9-20(18(21)25)11-14-5-3-2-4-6-14/h2-7,9H,8,10-13H2,1H3,(H,19,22). The Kier molecular flexibility index (Phi) is 7.50. The van der Waals surface area contributed by atoms with Crippen molar-refractivity contribution in [2.24, 2.45) is 0 Å². The van der Waals surface area contributed by atoms with E-state index in [2.05, 4.69) is 5.32 Å². The lowest BCUT2D eigenvalue weighted by Gasteiger charge is -2.10. The highest BCUT2D eigenvalue weighted by Gasteiger charge is 2.13. The molecule has 144 valence electrons. The zero-order chi connectivity index (χ0) is 19.6. The Morgan fingerprint density at radius 2 is 1.85 bits per heavy atom. The highest BCUT2D eigenvalue weighted by Crippen LogP contribution is 1.99. The van der Waals surface area contributed by atoms with Gasteiger partial charge < -0.3 is 14.8 Å². The highest BCUT2D eigenvalue weighted by atomic mass is 16.5. The van der Waals surface area contributed by atoms with Gasteiger partial charge in [-0.25, -0.2) is 9.36 Å². The van der Waals surface area contributed by atoms with Crippen LogP contribution in [-0.4, -0.2) is 47.9 Å². The molecular weight excluding hydrogens is 354 g/mol. The van der Waals surface area contributed by atoms with Crippen molar-refractivity contribution in [2.45, 2.75) is 13.1 Å². The molecule has 0 spiro atoms. The Hall–Kier alpha value is -3.20. The van der Waals surface area contributed by atoms with Crippen LogP contribution in [0.5, 0.6) is 0 Å². The molecule has 1 aromatic heterocycles. The molecule has 0 bridgehead atoms. The summed E-state index contributed by atoms with van der Waals surface area (Å²) in [6.07, 6.45) is 1.38. The first kappa shape index (κ1) is 20.1. The van der Waals surface area contributed by atoms with Crippen LogP contribution in [0.3, 0.4) is 0 Å². The van der Waals surface area contributed by atoms with Gasteiger partial charge in [-0.15, -0.1) is 0 Å². The molecule has 1 aromatic carbocycles. The molecule has 0 saturated heterocycles. The number of hydrogen-bond donors (Lipinski definition) is 1. The van der Waals surface area contributed by atoms with Gasteiger partial charge >= 0.3 is 11.7 Å². The van der Waals surface area contributed by atoms with Gasteiger partial charge in [0.25, 0.3) is 11.5 Å².